The Balaban J connectivity index is 2.43. The molecule has 2 aromatic rings. The third-order valence-electron chi connectivity index (χ3n) is 2.91. The smallest absolute Gasteiger partial charge is 0.265 e. The van der Waals surface area contributed by atoms with Crippen molar-refractivity contribution < 1.29 is 13.2 Å². The van der Waals surface area contributed by atoms with Crippen LogP contribution in [0, 0.1) is 0 Å². The Labute approximate surface area is 122 Å². The summed E-state index contributed by atoms with van der Waals surface area (Å²) in [6.45, 7) is 0.332. The van der Waals surface area contributed by atoms with Gasteiger partial charge in [0.1, 0.15) is 5.75 Å². The summed E-state index contributed by atoms with van der Waals surface area (Å²) >= 11 is 1.34. The van der Waals surface area contributed by atoms with Crippen molar-refractivity contribution >= 4 is 27.0 Å². The molecule has 0 fully saturated rings. The third kappa shape index (κ3) is 2.65. The molecule has 1 aromatic carbocycles. The molecule has 0 saturated heterocycles. The highest BCUT2D eigenvalue weighted by Crippen LogP contribution is 2.31. The number of hydrogen-bond acceptors (Lipinski definition) is 5. The SMILES string of the molecule is COc1ccccc1N(C)S(=O)(=O)c1csc(CN)c1. The summed E-state index contributed by atoms with van der Waals surface area (Å²) in [5.74, 6) is 0.507. The van der Waals surface area contributed by atoms with Crippen molar-refractivity contribution in [3.63, 3.8) is 0 Å². The Morgan fingerprint density at radius 2 is 2.05 bits per heavy atom. The van der Waals surface area contributed by atoms with Gasteiger partial charge in [0, 0.05) is 23.8 Å². The van der Waals surface area contributed by atoms with Crippen molar-refractivity contribution in [2.75, 3.05) is 18.5 Å². The van der Waals surface area contributed by atoms with Gasteiger partial charge in [-0.2, -0.15) is 0 Å². The number of rotatable bonds is 5. The van der Waals surface area contributed by atoms with Gasteiger partial charge in [-0.1, -0.05) is 12.1 Å². The van der Waals surface area contributed by atoms with Crippen LogP contribution in [-0.4, -0.2) is 22.6 Å². The number of nitrogens with two attached hydrogens (primary N) is 1. The Kier molecular flexibility index (Phi) is 4.32. The maximum absolute atomic E-state index is 12.6. The van der Waals surface area contributed by atoms with E-state index in [0.717, 1.165) is 4.88 Å². The number of methoxy groups -OCH3 is 1. The summed E-state index contributed by atoms with van der Waals surface area (Å²) in [5.41, 5.74) is 6.02. The Bertz CT molecular complexity index is 695. The summed E-state index contributed by atoms with van der Waals surface area (Å²) in [4.78, 5) is 1.08. The molecule has 2 N–H and O–H groups in total. The van der Waals surface area contributed by atoms with Gasteiger partial charge < -0.3 is 10.5 Å². The van der Waals surface area contributed by atoms with E-state index in [1.54, 1.807) is 35.7 Å². The molecule has 0 saturated carbocycles. The lowest BCUT2D eigenvalue weighted by molar-refractivity contribution is 0.416. The van der Waals surface area contributed by atoms with E-state index in [4.69, 9.17) is 10.5 Å². The van der Waals surface area contributed by atoms with Crippen LogP contribution in [0.4, 0.5) is 5.69 Å². The fraction of sp³-hybridized carbons (Fsp3) is 0.231. The van der Waals surface area contributed by atoms with Crippen LogP contribution in [0.25, 0.3) is 0 Å². The predicted molar refractivity (Wildman–Crippen MR) is 80.8 cm³/mol. The average Bonchev–Trinajstić information content (AvgIpc) is 2.96. The van der Waals surface area contributed by atoms with Gasteiger partial charge in [0.05, 0.1) is 17.7 Å². The fourth-order valence-corrected chi connectivity index (χ4v) is 4.13. The number of thiophene rings is 1. The lowest BCUT2D eigenvalue weighted by atomic mass is 10.3. The first kappa shape index (κ1) is 14.8. The summed E-state index contributed by atoms with van der Waals surface area (Å²) in [6.07, 6.45) is 0. The molecule has 0 amide bonds. The van der Waals surface area contributed by atoms with Gasteiger partial charge in [-0.3, -0.25) is 4.31 Å². The fourth-order valence-electron chi connectivity index (χ4n) is 1.78. The molecule has 1 heterocycles. The van der Waals surface area contributed by atoms with Crippen LogP contribution in [0.5, 0.6) is 5.75 Å². The van der Waals surface area contributed by atoms with E-state index < -0.39 is 10.0 Å². The number of benzene rings is 1. The van der Waals surface area contributed by atoms with Crippen LogP contribution in [0.3, 0.4) is 0 Å². The van der Waals surface area contributed by atoms with Crippen molar-refractivity contribution in [2.24, 2.45) is 5.73 Å². The highest BCUT2D eigenvalue weighted by atomic mass is 32.2. The zero-order valence-electron chi connectivity index (χ0n) is 11.2. The van der Waals surface area contributed by atoms with Crippen molar-refractivity contribution in [1.82, 2.24) is 0 Å². The lowest BCUT2D eigenvalue weighted by Gasteiger charge is -2.20. The quantitative estimate of drug-likeness (QED) is 0.917. The van der Waals surface area contributed by atoms with Gasteiger partial charge in [0.2, 0.25) is 0 Å². The molecule has 0 aliphatic carbocycles. The van der Waals surface area contributed by atoms with E-state index in [0.29, 0.717) is 18.0 Å². The first-order valence-electron chi connectivity index (χ1n) is 5.90. The normalized spacial score (nSPS) is 11.3. The van der Waals surface area contributed by atoms with Crippen LogP contribution in [0.15, 0.2) is 40.6 Å². The predicted octanol–water partition coefficient (Wildman–Crippen LogP) is 2.04. The molecule has 0 atom stereocenters. The van der Waals surface area contributed by atoms with Crippen molar-refractivity contribution in [2.45, 2.75) is 11.4 Å². The highest BCUT2D eigenvalue weighted by molar-refractivity contribution is 7.93. The van der Waals surface area contributed by atoms with Crippen LogP contribution in [0.2, 0.25) is 0 Å². The number of anilines is 1. The first-order valence-corrected chi connectivity index (χ1v) is 8.22. The minimum absolute atomic E-state index is 0.247. The summed E-state index contributed by atoms with van der Waals surface area (Å²) < 4.78 is 31.5. The molecule has 0 spiro atoms. The van der Waals surface area contributed by atoms with E-state index in [-0.39, 0.29) is 4.90 Å². The van der Waals surface area contributed by atoms with Gasteiger partial charge in [-0.05, 0) is 18.2 Å². The number of sulfonamides is 1. The van der Waals surface area contributed by atoms with E-state index >= 15 is 0 Å². The maximum atomic E-state index is 12.6. The average molecular weight is 312 g/mol. The second-order valence-electron chi connectivity index (χ2n) is 4.10. The summed E-state index contributed by atoms with van der Waals surface area (Å²) in [7, 11) is -0.588. The largest absolute Gasteiger partial charge is 0.495 e. The molecule has 5 nitrogen and oxygen atoms in total. The second-order valence-corrected chi connectivity index (χ2v) is 7.06. The van der Waals surface area contributed by atoms with E-state index in [1.165, 1.54) is 29.8 Å². The minimum Gasteiger partial charge on any atom is -0.495 e. The van der Waals surface area contributed by atoms with Crippen LogP contribution in [0.1, 0.15) is 4.88 Å². The minimum atomic E-state index is -3.61. The zero-order chi connectivity index (χ0) is 14.8. The Morgan fingerprint density at radius 1 is 1.35 bits per heavy atom. The van der Waals surface area contributed by atoms with E-state index in [9.17, 15) is 8.42 Å². The highest BCUT2D eigenvalue weighted by Gasteiger charge is 2.24. The van der Waals surface area contributed by atoms with Gasteiger partial charge in [0.25, 0.3) is 10.0 Å². The van der Waals surface area contributed by atoms with Crippen molar-refractivity contribution in [3.05, 3.63) is 40.6 Å². The van der Waals surface area contributed by atoms with Crippen LogP contribution >= 0.6 is 11.3 Å². The van der Waals surface area contributed by atoms with Gasteiger partial charge in [0.15, 0.2) is 0 Å². The molecular weight excluding hydrogens is 296 g/mol. The molecule has 1 aromatic heterocycles. The molecule has 0 radical (unpaired) electrons. The Morgan fingerprint density at radius 3 is 2.65 bits per heavy atom. The molecule has 0 aliphatic heterocycles. The molecule has 0 bridgehead atoms. The molecule has 2 rings (SSSR count). The number of hydrogen-bond donors (Lipinski definition) is 1. The number of para-hydroxylation sites is 2. The topological polar surface area (TPSA) is 72.6 Å². The Hall–Kier alpha value is -1.57. The van der Waals surface area contributed by atoms with Crippen LogP contribution in [-0.2, 0) is 16.6 Å². The molecule has 108 valence electrons. The number of nitrogens with zero attached hydrogens (tertiary/aromatic N) is 1. The zero-order valence-corrected chi connectivity index (χ0v) is 12.9. The molecule has 0 unspecified atom stereocenters. The standard InChI is InChI=1S/C13H16N2O3S2/c1-15(12-5-3-4-6-13(12)18-2)20(16,17)11-7-10(8-14)19-9-11/h3-7,9H,8,14H2,1-2H3. The van der Waals surface area contributed by atoms with Gasteiger partial charge in [-0.15, -0.1) is 11.3 Å². The monoisotopic (exact) mass is 312 g/mol. The molecular formula is C13H16N2O3S2. The van der Waals surface area contributed by atoms with E-state index in [1.807, 2.05) is 0 Å². The molecule has 20 heavy (non-hydrogen) atoms. The van der Waals surface area contributed by atoms with Gasteiger partial charge >= 0.3 is 0 Å². The lowest BCUT2D eigenvalue weighted by Crippen LogP contribution is -2.26. The molecule has 0 aliphatic rings. The van der Waals surface area contributed by atoms with E-state index in [2.05, 4.69) is 0 Å². The van der Waals surface area contributed by atoms with Crippen molar-refractivity contribution in [1.29, 1.82) is 0 Å². The first-order chi connectivity index (χ1) is 9.50. The second kappa shape index (κ2) is 5.82. The van der Waals surface area contributed by atoms with Crippen LogP contribution < -0.4 is 14.8 Å². The van der Waals surface area contributed by atoms with Gasteiger partial charge in [-0.25, -0.2) is 8.42 Å². The maximum Gasteiger partial charge on any atom is 0.265 e. The summed E-state index contributed by atoms with van der Waals surface area (Å²) in [5, 5.41) is 1.60. The third-order valence-corrected chi connectivity index (χ3v) is 5.77. The summed E-state index contributed by atoms with van der Waals surface area (Å²) in [6, 6.07) is 8.58. The van der Waals surface area contributed by atoms with Crippen molar-refractivity contribution in [3.8, 4) is 5.75 Å². The molecule has 7 heteroatoms. The number of ether oxygens (including phenoxy) is 1.